The molecule has 0 aromatic carbocycles. The number of unbranched alkanes of at least 4 members (excludes halogenated alkanes) is 1. The molecule has 2 aliphatic rings. The molecule has 6 nitrogen and oxygen atoms in total. The molecule has 0 unspecified atom stereocenters. The third-order valence-electron chi connectivity index (χ3n) is 5.12. The van der Waals surface area contributed by atoms with Crippen LogP contribution < -0.4 is 10.6 Å². The van der Waals surface area contributed by atoms with Gasteiger partial charge in [-0.2, -0.15) is 0 Å². The molecule has 1 saturated heterocycles. The van der Waals surface area contributed by atoms with E-state index in [1.54, 1.807) is 0 Å². The quantitative estimate of drug-likeness (QED) is 0.290. The summed E-state index contributed by atoms with van der Waals surface area (Å²) in [5, 5.41) is 6.46. The van der Waals surface area contributed by atoms with Crippen LogP contribution in [0.2, 0.25) is 0 Å². The fourth-order valence-electron chi connectivity index (χ4n) is 3.71. The summed E-state index contributed by atoms with van der Waals surface area (Å²) in [4.78, 5) is 29.6. The minimum Gasteiger partial charge on any atom is -0.357 e. The molecule has 2 fully saturated rings. The Morgan fingerprint density at radius 3 is 2.48 bits per heavy atom. The van der Waals surface area contributed by atoms with E-state index >= 15 is 0 Å². The van der Waals surface area contributed by atoms with Gasteiger partial charge in [0.1, 0.15) is 0 Å². The molecule has 2 rings (SSSR count). The molecule has 0 atom stereocenters. The van der Waals surface area contributed by atoms with Crippen LogP contribution in [-0.4, -0.2) is 48.9 Å². The van der Waals surface area contributed by atoms with Gasteiger partial charge in [0.15, 0.2) is 5.96 Å². The molecule has 1 saturated carbocycles. The second kappa shape index (κ2) is 11.1. The summed E-state index contributed by atoms with van der Waals surface area (Å²) in [6.07, 6.45) is 11.1. The molecule has 0 aromatic heterocycles. The van der Waals surface area contributed by atoms with Gasteiger partial charge in [0.05, 0.1) is 0 Å². The molecule has 0 spiro atoms. The molecular weight excluding hydrogens is 316 g/mol. The molecule has 6 heteroatoms. The van der Waals surface area contributed by atoms with Crippen LogP contribution >= 0.6 is 0 Å². The van der Waals surface area contributed by atoms with E-state index in [-0.39, 0.29) is 11.8 Å². The van der Waals surface area contributed by atoms with Crippen molar-refractivity contribution in [2.45, 2.75) is 71.1 Å². The Kier molecular flexibility index (Phi) is 8.77. The van der Waals surface area contributed by atoms with Crippen molar-refractivity contribution in [2.75, 3.05) is 26.2 Å². The fourth-order valence-corrected chi connectivity index (χ4v) is 3.71. The molecule has 2 amide bonds. The molecule has 1 aliphatic heterocycles. The summed E-state index contributed by atoms with van der Waals surface area (Å²) in [6.45, 7) is 4.63. The lowest BCUT2D eigenvalue weighted by molar-refractivity contribution is -0.147. The van der Waals surface area contributed by atoms with Gasteiger partial charge >= 0.3 is 0 Å². The number of nitrogens with zero attached hydrogens (tertiary/aromatic N) is 2. The van der Waals surface area contributed by atoms with Crippen LogP contribution in [0, 0.1) is 5.92 Å². The number of amides is 2. The van der Waals surface area contributed by atoms with E-state index in [0.717, 1.165) is 31.4 Å². The lowest BCUT2D eigenvalue weighted by Gasteiger charge is -2.25. The predicted octanol–water partition coefficient (Wildman–Crippen LogP) is 2.44. The van der Waals surface area contributed by atoms with Gasteiger partial charge < -0.3 is 10.6 Å². The normalized spacial score (nSPS) is 19.6. The number of carbonyl (C=O) groups is 2. The van der Waals surface area contributed by atoms with E-state index in [0.29, 0.717) is 32.4 Å². The Labute approximate surface area is 151 Å². The van der Waals surface area contributed by atoms with Crippen LogP contribution in [0.3, 0.4) is 0 Å². The van der Waals surface area contributed by atoms with Crippen molar-refractivity contribution in [1.29, 1.82) is 0 Å². The zero-order valence-electron chi connectivity index (χ0n) is 15.7. The van der Waals surface area contributed by atoms with E-state index in [1.165, 1.54) is 43.4 Å². The SMILES string of the molecule is CCNC(=NCCCCC1CCCC1)NCCN1C(=O)CCCC1=O. The fraction of sp³-hybridized carbons (Fsp3) is 0.842. The highest BCUT2D eigenvalue weighted by Gasteiger charge is 2.25. The summed E-state index contributed by atoms with van der Waals surface area (Å²) in [6, 6.07) is 0. The molecule has 0 radical (unpaired) electrons. The van der Waals surface area contributed by atoms with E-state index in [9.17, 15) is 9.59 Å². The van der Waals surface area contributed by atoms with Gasteiger partial charge in [-0.3, -0.25) is 19.5 Å². The van der Waals surface area contributed by atoms with Gasteiger partial charge in [-0.15, -0.1) is 0 Å². The van der Waals surface area contributed by atoms with Gasteiger partial charge in [0.25, 0.3) is 0 Å². The maximum Gasteiger partial charge on any atom is 0.229 e. The minimum atomic E-state index is -0.0492. The first-order valence-corrected chi connectivity index (χ1v) is 10.1. The number of hydrogen-bond acceptors (Lipinski definition) is 3. The largest absolute Gasteiger partial charge is 0.357 e. The highest BCUT2D eigenvalue weighted by Crippen LogP contribution is 2.28. The van der Waals surface area contributed by atoms with E-state index in [2.05, 4.69) is 15.6 Å². The molecule has 0 bridgehead atoms. The molecule has 142 valence electrons. The van der Waals surface area contributed by atoms with E-state index in [4.69, 9.17) is 0 Å². The molecule has 1 heterocycles. The number of hydrogen-bond donors (Lipinski definition) is 2. The zero-order chi connectivity index (χ0) is 17.9. The Balaban J connectivity index is 1.64. The zero-order valence-corrected chi connectivity index (χ0v) is 15.7. The smallest absolute Gasteiger partial charge is 0.229 e. The van der Waals surface area contributed by atoms with Crippen molar-refractivity contribution in [2.24, 2.45) is 10.9 Å². The lowest BCUT2D eigenvalue weighted by atomic mass is 10.0. The predicted molar refractivity (Wildman–Crippen MR) is 100 cm³/mol. The van der Waals surface area contributed by atoms with Crippen LogP contribution in [0.15, 0.2) is 4.99 Å². The molecule has 2 N–H and O–H groups in total. The lowest BCUT2D eigenvalue weighted by Crippen LogP contribution is -2.46. The third-order valence-corrected chi connectivity index (χ3v) is 5.12. The van der Waals surface area contributed by atoms with Crippen LogP contribution in [0.1, 0.15) is 71.1 Å². The average molecular weight is 351 g/mol. The Morgan fingerprint density at radius 2 is 1.80 bits per heavy atom. The molecule has 25 heavy (non-hydrogen) atoms. The second-order valence-electron chi connectivity index (χ2n) is 7.13. The Morgan fingerprint density at radius 1 is 1.08 bits per heavy atom. The van der Waals surface area contributed by atoms with Crippen LogP contribution in [0.5, 0.6) is 0 Å². The van der Waals surface area contributed by atoms with Gasteiger partial charge in [-0.25, -0.2) is 0 Å². The first-order chi connectivity index (χ1) is 12.2. The maximum absolute atomic E-state index is 11.8. The van der Waals surface area contributed by atoms with Crippen LogP contribution in [0.4, 0.5) is 0 Å². The van der Waals surface area contributed by atoms with Crippen molar-refractivity contribution in [3.63, 3.8) is 0 Å². The highest BCUT2D eigenvalue weighted by molar-refractivity contribution is 5.97. The monoisotopic (exact) mass is 350 g/mol. The van der Waals surface area contributed by atoms with Crippen LogP contribution in [-0.2, 0) is 9.59 Å². The van der Waals surface area contributed by atoms with Crippen molar-refractivity contribution >= 4 is 17.8 Å². The summed E-state index contributed by atoms with van der Waals surface area (Å²) in [5.41, 5.74) is 0. The van der Waals surface area contributed by atoms with Crippen LogP contribution in [0.25, 0.3) is 0 Å². The summed E-state index contributed by atoms with van der Waals surface area (Å²) < 4.78 is 0. The molecular formula is C19H34N4O2. The Hall–Kier alpha value is -1.59. The maximum atomic E-state index is 11.8. The summed E-state index contributed by atoms with van der Waals surface area (Å²) in [7, 11) is 0. The van der Waals surface area contributed by atoms with Crippen molar-refractivity contribution in [3.8, 4) is 0 Å². The number of guanidine groups is 1. The number of aliphatic imine (C=N–C) groups is 1. The number of rotatable bonds is 9. The van der Waals surface area contributed by atoms with Crippen molar-refractivity contribution in [1.82, 2.24) is 15.5 Å². The molecule has 1 aliphatic carbocycles. The number of likely N-dealkylation sites (tertiary alicyclic amines) is 1. The second-order valence-corrected chi connectivity index (χ2v) is 7.13. The minimum absolute atomic E-state index is 0.0492. The summed E-state index contributed by atoms with van der Waals surface area (Å²) in [5.74, 6) is 1.63. The first kappa shape index (κ1) is 19.7. The summed E-state index contributed by atoms with van der Waals surface area (Å²) >= 11 is 0. The number of carbonyl (C=O) groups excluding carboxylic acids is 2. The van der Waals surface area contributed by atoms with Gasteiger partial charge in [-0.1, -0.05) is 38.5 Å². The van der Waals surface area contributed by atoms with Gasteiger partial charge in [-0.05, 0) is 25.7 Å². The number of nitrogens with one attached hydrogen (secondary N) is 2. The standard InChI is InChI=1S/C19H34N4O2/c1-2-20-19(21-13-6-5-10-16-8-3-4-9-16)22-14-15-23-17(24)11-7-12-18(23)25/h16H,2-15H2,1H3,(H2,20,21,22). The van der Waals surface area contributed by atoms with Crippen molar-refractivity contribution < 1.29 is 9.59 Å². The number of imide groups is 1. The number of piperidine rings is 1. The average Bonchev–Trinajstić information content (AvgIpc) is 3.10. The molecule has 0 aromatic rings. The first-order valence-electron chi connectivity index (χ1n) is 10.1. The van der Waals surface area contributed by atoms with Crippen molar-refractivity contribution in [3.05, 3.63) is 0 Å². The van der Waals surface area contributed by atoms with Gasteiger partial charge in [0, 0.05) is 39.0 Å². The Bertz CT molecular complexity index is 442. The van der Waals surface area contributed by atoms with E-state index in [1.807, 2.05) is 6.92 Å². The highest BCUT2D eigenvalue weighted by atomic mass is 16.2. The van der Waals surface area contributed by atoms with Gasteiger partial charge in [0.2, 0.25) is 11.8 Å². The topological polar surface area (TPSA) is 73.8 Å². The van der Waals surface area contributed by atoms with E-state index < -0.39 is 0 Å². The third kappa shape index (κ3) is 7.04.